The maximum absolute atomic E-state index is 13.6. The molecule has 0 radical (unpaired) electrons. The van der Waals surface area contributed by atoms with E-state index in [4.69, 9.17) is 16.0 Å². The average Bonchev–Trinajstić information content (AvgIpc) is 3.20. The average molecular weight is 431 g/mol. The molecule has 0 unspecified atom stereocenters. The van der Waals surface area contributed by atoms with Crippen molar-refractivity contribution in [2.75, 3.05) is 32.7 Å². The van der Waals surface area contributed by atoms with Crippen LogP contribution in [0.5, 0.6) is 0 Å². The van der Waals surface area contributed by atoms with Gasteiger partial charge in [-0.3, -0.25) is 15.0 Å². The molecule has 170 valence electrons. The van der Waals surface area contributed by atoms with Gasteiger partial charge in [0.25, 0.3) is 5.92 Å². The van der Waals surface area contributed by atoms with E-state index in [-0.39, 0.29) is 37.1 Å². The van der Waals surface area contributed by atoms with E-state index >= 15 is 0 Å². The number of likely N-dealkylation sites (tertiary alicyclic amines) is 2. The molecule has 2 amide bonds. The number of amides is 2. The second-order valence-corrected chi connectivity index (χ2v) is 8.44. The molecule has 30 heavy (non-hydrogen) atoms. The topological polar surface area (TPSA) is 115 Å². The maximum Gasteiger partial charge on any atom is 0.265 e. The van der Waals surface area contributed by atoms with E-state index in [1.807, 2.05) is 5.01 Å². The fourth-order valence-electron chi connectivity index (χ4n) is 4.25. The Balaban J connectivity index is 1.47. The van der Waals surface area contributed by atoms with Crippen LogP contribution in [-0.4, -0.2) is 83.3 Å². The quantitative estimate of drug-likeness (QED) is 0.313. The molecule has 9 nitrogen and oxygen atoms in total. The van der Waals surface area contributed by atoms with E-state index in [1.54, 1.807) is 4.90 Å². The van der Waals surface area contributed by atoms with Crippen molar-refractivity contribution >= 4 is 17.7 Å². The van der Waals surface area contributed by atoms with Crippen molar-refractivity contribution in [2.24, 2.45) is 5.73 Å². The summed E-state index contributed by atoms with van der Waals surface area (Å²) in [5.41, 5.74) is 8.81. The molecule has 0 saturated carbocycles. The zero-order valence-corrected chi connectivity index (χ0v) is 17.2. The number of halogens is 2. The monoisotopic (exact) mass is 430 g/mol. The molecule has 3 aliphatic rings. The van der Waals surface area contributed by atoms with Crippen LogP contribution in [0.3, 0.4) is 0 Å². The van der Waals surface area contributed by atoms with Crippen LogP contribution in [0.25, 0.3) is 0 Å². The largest absolute Gasteiger partial charge is 0.376 e. The Morgan fingerprint density at radius 2 is 2.00 bits per heavy atom. The van der Waals surface area contributed by atoms with Crippen LogP contribution in [0.15, 0.2) is 0 Å². The lowest BCUT2D eigenvalue weighted by atomic mass is 10.0. The molecular weight excluding hydrogens is 398 g/mol. The maximum atomic E-state index is 13.6. The van der Waals surface area contributed by atoms with Crippen molar-refractivity contribution in [3.8, 4) is 0 Å². The molecular formula is C19H32F2N6O3. The van der Waals surface area contributed by atoms with Crippen LogP contribution in [0.2, 0.25) is 0 Å². The molecule has 0 spiro atoms. The first kappa shape index (κ1) is 22.8. The molecule has 0 aromatic heterocycles. The number of piperidine rings is 2. The summed E-state index contributed by atoms with van der Waals surface area (Å²) >= 11 is 0. The van der Waals surface area contributed by atoms with E-state index < -0.39 is 31.0 Å². The summed E-state index contributed by atoms with van der Waals surface area (Å²) < 4.78 is 27.2. The van der Waals surface area contributed by atoms with E-state index in [2.05, 4.69) is 5.59 Å². The Morgan fingerprint density at radius 1 is 1.27 bits per heavy atom. The van der Waals surface area contributed by atoms with Crippen molar-refractivity contribution in [2.45, 2.75) is 69.4 Å². The predicted molar refractivity (Wildman–Crippen MR) is 105 cm³/mol. The second kappa shape index (κ2) is 9.97. The fourth-order valence-corrected chi connectivity index (χ4v) is 4.25. The summed E-state index contributed by atoms with van der Waals surface area (Å²) in [5.74, 6) is -3.55. The Kier molecular flexibility index (Phi) is 7.59. The molecule has 3 rings (SSSR count). The van der Waals surface area contributed by atoms with Gasteiger partial charge in [-0.15, -0.1) is 0 Å². The molecule has 3 aliphatic heterocycles. The number of rotatable bonds is 7. The number of hydrazine groups is 1. The molecule has 3 fully saturated rings. The molecule has 2 atom stereocenters. The van der Waals surface area contributed by atoms with Gasteiger partial charge in [-0.2, -0.15) is 0 Å². The number of alkyl halides is 2. The molecule has 0 bridgehead atoms. The minimum Gasteiger partial charge on any atom is -0.376 e. The van der Waals surface area contributed by atoms with Gasteiger partial charge in [-0.25, -0.2) is 13.8 Å². The molecule has 0 aromatic rings. The van der Waals surface area contributed by atoms with Crippen LogP contribution >= 0.6 is 0 Å². The van der Waals surface area contributed by atoms with Crippen LogP contribution in [0.1, 0.15) is 51.4 Å². The number of carbonyl (C=O) groups is 2. The summed E-state index contributed by atoms with van der Waals surface area (Å²) in [6.45, 7) is 1.46. The van der Waals surface area contributed by atoms with E-state index in [1.165, 1.54) is 6.42 Å². The number of hydrogen-bond donors (Lipinski definition) is 3. The van der Waals surface area contributed by atoms with Crippen LogP contribution in [0.4, 0.5) is 8.78 Å². The van der Waals surface area contributed by atoms with Gasteiger partial charge in [0.15, 0.2) is 0 Å². The zero-order chi connectivity index (χ0) is 21.7. The summed E-state index contributed by atoms with van der Waals surface area (Å²) in [6.07, 6.45) is 3.97. The number of hydrogen-bond acceptors (Lipinski definition) is 7. The van der Waals surface area contributed by atoms with Gasteiger partial charge in [0.05, 0.1) is 6.54 Å². The smallest absolute Gasteiger partial charge is 0.265 e. The zero-order valence-electron chi connectivity index (χ0n) is 17.2. The number of carbonyl (C=O) groups excluding carboxylic acids is 2. The third-order valence-corrected chi connectivity index (χ3v) is 5.89. The normalized spacial score (nSPS) is 26.0. The fraction of sp³-hybridized carbons (Fsp3) is 0.842. The minimum atomic E-state index is -2.91. The van der Waals surface area contributed by atoms with Crippen molar-refractivity contribution in [3.05, 3.63) is 0 Å². The first-order valence-corrected chi connectivity index (χ1v) is 10.7. The Hall–Kier alpha value is -1.85. The highest BCUT2D eigenvalue weighted by molar-refractivity contribution is 5.86. The standard InChI is InChI=1S/C19H32F2N6O3/c20-19(21)7-6-16(28)25(13-19)12-14(22)11-17(29)27-10-4-5-15(27)18(23)30-24-26-8-2-1-3-9-26/h14-15,23-24H,1-13,22H2/t14-,15-/m0/s1. The molecule has 11 heteroatoms. The van der Waals surface area contributed by atoms with Crippen molar-refractivity contribution in [3.63, 3.8) is 0 Å². The van der Waals surface area contributed by atoms with Crippen molar-refractivity contribution in [1.29, 1.82) is 5.41 Å². The van der Waals surface area contributed by atoms with Gasteiger partial charge < -0.3 is 20.4 Å². The summed E-state index contributed by atoms with van der Waals surface area (Å²) in [5, 5.41) is 10.1. The molecule has 3 saturated heterocycles. The Morgan fingerprint density at radius 3 is 2.73 bits per heavy atom. The summed E-state index contributed by atoms with van der Waals surface area (Å²) in [4.78, 5) is 32.6. The van der Waals surface area contributed by atoms with Gasteiger partial charge in [0.1, 0.15) is 6.04 Å². The van der Waals surface area contributed by atoms with Crippen LogP contribution < -0.4 is 11.3 Å². The first-order valence-electron chi connectivity index (χ1n) is 10.7. The Labute approximate surface area is 175 Å². The van der Waals surface area contributed by atoms with Gasteiger partial charge >= 0.3 is 0 Å². The molecule has 0 aromatic carbocycles. The van der Waals surface area contributed by atoms with E-state index in [0.29, 0.717) is 13.0 Å². The van der Waals surface area contributed by atoms with Crippen LogP contribution in [0, 0.1) is 5.41 Å². The minimum absolute atomic E-state index is 0.0224. The van der Waals surface area contributed by atoms with Crippen LogP contribution in [-0.2, 0) is 14.4 Å². The third kappa shape index (κ3) is 6.08. The highest BCUT2D eigenvalue weighted by Gasteiger charge is 2.40. The number of nitrogens with one attached hydrogen (secondary N) is 2. The number of nitrogens with two attached hydrogens (primary N) is 1. The van der Waals surface area contributed by atoms with E-state index in [0.717, 1.165) is 37.3 Å². The third-order valence-electron chi connectivity index (χ3n) is 5.89. The lowest BCUT2D eigenvalue weighted by molar-refractivity contribution is -0.148. The van der Waals surface area contributed by atoms with E-state index in [9.17, 15) is 18.4 Å². The summed E-state index contributed by atoms with van der Waals surface area (Å²) in [7, 11) is 0. The van der Waals surface area contributed by atoms with Gasteiger partial charge in [0.2, 0.25) is 17.7 Å². The molecule has 0 aliphatic carbocycles. The Bertz CT molecular complexity index is 644. The van der Waals surface area contributed by atoms with Gasteiger partial charge in [-0.05, 0) is 25.7 Å². The SMILES string of the molecule is N=C(ONN1CCCCC1)[C@@H]1CCCN1C(=O)C[C@H](N)CN1CC(F)(F)CCC1=O. The number of nitrogens with zero attached hydrogens (tertiary/aromatic N) is 3. The van der Waals surface area contributed by atoms with Gasteiger partial charge in [0, 0.05) is 51.5 Å². The first-order chi connectivity index (χ1) is 14.2. The lowest BCUT2D eigenvalue weighted by Crippen LogP contribution is -2.52. The molecule has 4 N–H and O–H groups in total. The highest BCUT2D eigenvalue weighted by Crippen LogP contribution is 2.27. The van der Waals surface area contributed by atoms with Crippen molar-refractivity contribution in [1.82, 2.24) is 20.4 Å². The molecule has 3 heterocycles. The van der Waals surface area contributed by atoms with Crippen molar-refractivity contribution < 1.29 is 23.2 Å². The second-order valence-electron chi connectivity index (χ2n) is 8.44. The highest BCUT2D eigenvalue weighted by atomic mass is 19.3. The van der Waals surface area contributed by atoms with Gasteiger partial charge in [-0.1, -0.05) is 12.0 Å². The predicted octanol–water partition coefficient (Wildman–Crippen LogP) is 0.852. The summed E-state index contributed by atoms with van der Waals surface area (Å²) in [6, 6.07) is -1.21. The lowest BCUT2D eigenvalue weighted by Gasteiger charge is -2.34.